The highest BCUT2D eigenvalue weighted by atomic mass is 19.1. The lowest BCUT2D eigenvalue weighted by Gasteiger charge is -2.36. The number of amides is 1. The van der Waals surface area contributed by atoms with Gasteiger partial charge in [0.2, 0.25) is 0 Å². The van der Waals surface area contributed by atoms with E-state index >= 15 is 0 Å². The van der Waals surface area contributed by atoms with Crippen molar-refractivity contribution in [1.29, 1.82) is 0 Å². The zero-order valence-corrected chi connectivity index (χ0v) is 10.1. The van der Waals surface area contributed by atoms with E-state index in [0.717, 1.165) is 0 Å². The Balaban J connectivity index is 2.57. The average molecular weight is 233 g/mol. The fraction of sp³-hybridized carbons (Fsp3) is 0.909. The third kappa shape index (κ3) is 3.63. The summed E-state index contributed by atoms with van der Waals surface area (Å²) in [5, 5.41) is 8.93. The van der Waals surface area contributed by atoms with E-state index in [1.54, 1.807) is 20.8 Å². The van der Waals surface area contributed by atoms with Crippen molar-refractivity contribution in [3.8, 4) is 0 Å². The van der Waals surface area contributed by atoms with Crippen LogP contribution in [0.15, 0.2) is 0 Å². The highest BCUT2D eigenvalue weighted by Gasteiger charge is 2.38. The van der Waals surface area contributed by atoms with Gasteiger partial charge in [0.1, 0.15) is 5.60 Å². The van der Waals surface area contributed by atoms with Gasteiger partial charge in [0.15, 0.2) is 5.67 Å². The van der Waals surface area contributed by atoms with Gasteiger partial charge in [-0.1, -0.05) is 0 Å². The maximum absolute atomic E-state index is 13.8. The summed E-state index contributed by atoms with van der Waals surface area (Å²) in [4.78, 5) is 13.0. The first-order valence-corrected chi connectivity index (χ1v) is 5.53. The smallest absolute Gasteiger partial charge is 0.410 e. The van der Waals surface area contributed by atoms with Crippen molar-refractivity contribution in [2.24, 2.45) is 0 Å². The Morgan fingerprint density at radius 1 is 1.56 bits per heavy atom. The molecule has 1 N–H and O–H groups in total. The minimum absolute atomic E-state index is 0.0849. The van der Waals surface area contributed by atoms with E-state index in [0.29, 0.717) is 19.4 Å². The van der Waals surface area contributed by atoms with Crippen LogP contribution in [0.4, 0.5) is 9.18 Å². The summed E-state index contributed by atoms with van der Waals surface area (Å²) >= 11 is 0. The molecule has 0 aliphatic carbocycles. The molecule has 4 nitrogen and oxygen atoms in total. The number of hydrogen-bond donors (Lipinski definition) is 1. The maximum Gasteiger partial charge on any atom is 0.410 e. The molecule has 0 aromatic rings. The van der Waals surface area contributed by atoms with Crippen molar-refractivity contribution in [3.05, 3.63) is 0 Å². The van der Waals surface area contributed by atoms with Crippen LogP contribution in [0.2, 0.25) is 0 Å². The van der Waals surface area contributed by atoms with Crippen molar-refractivity contribution in [3.63, 3.8) is 0 Å². The Morgan fingerprint density at radius 2 is 2.19 bits per heavy atom. The Bertz CT molecular complexity index is 264. The van der Waals surface area contributed by atoms with Crippen molar-refractivity contribution in [2.45, 2.75) is 44.9 Å². The lowest BCUT2D eigenvalue weighted by Crippen LogP contribution is -2.50. The van der Waals surface area contributed by atoms with E-state index in [2.05, 4.69) is 0 Å². The molecule has 94 valence electrons. The molecule has 1 atom stereocenters. The standard InChI is InChI=1S/C11H20FNO3/c1-10(2,3)16-9(15)13-6-4-5-11(12,7-13)8-14/h14H,4-8H2,1-3H3. The van der Waals surface area contributed by atoms with E-state index < -0.39 is 24.0 Å². The predicted molar refractivity (Wildman–Crippen MR) is 58.0 cm³/mol. The number of ether oxygens (including phenoxy) is 1. The molecule has 0 aromatic heterocycles. The Morgan fingerprint density at radius 3 is 2.69 bits per heavy atom. The zero-order chi connectivity index (χ0) is 12.4. The molecule has 0 radical (unpaired) electrons. The predicted octanol–water partition coefficient (Wildman–Crippen LogP) is 1.72. The van der Waals surface area contributed by atoms with Gasteiger partial charge < -0.3 is 14.7 Å². The molecule has 1 heterocycles. The largest absolute Gasteiger partial charge is 0.444 e. The van der Waals surface area contributed by atoms with Crippen LogP contribution in [0.1, 0.15) is 33.6 Å². The number of hydrogen-bond acceptors (Lipinski definition) is 3. The van der Waals surface area contributed by atoms with Crippen molar-refractivity contribution >= 4 is 6.09 Å². The zero-order valence-electron chi connectivity index (χ0n) is 10.1. The summed E-state index contributed by atoms with van der Waals surface area (Å²) in [5.41, 5.74) is -2.25. The first-order valence-electron chi connectivity index (χ1n) is 5.53. The van der Waals surface area contributed by atoms with E-state index in [1.165, 1.54) is 4.90 Å². The normalized spacial score (nSPS) is 26.7. The third-order valence-electron chi connectivity index (χ3n) is 2.46. The second-order valence-electron chi connectivity index (χ2n) is 5.31. The number of carbonyl (C=O) groups excluding carboxylic acids is 1. The van der Waals surface area contributed by atoms with Gasteiger partial charge in [-0.15, -0.1) is 0 Å². The number of rotatable bonds is 1. The Labute approximate surface area is 95.4 Å². The van der Waals surface area contributed by atoms with Gasteiger partial charge in [-0.05, 0) is 33.6 Å². The summed E-state index contributed by atoms with van der Waals surface area (Å²) in [6.07, 6.45) is 0.335. The van der Waals surface area contributed by atoms with Gasteiger partial charge in [-0.3, -0.25) is 0 Å². The summed E-state index contributed by atoms with van der Waals surface area (Å²) < 4.78 is 19.0. The molecule has 5 heteroatoms. The van der Waals surface area contributed by atoms with E-state index in [9.17, 15) is 9.18 Å². The number of aliphatic hydroxyl groups is 1. The lowest BCUT2D eigenvalue weighted by atomic mass is 9.96. The number of halogens is 1. The van der Waals surface area contributed by atoms with Gasteiger partial charge in [0.05, 0.1) is 13.2 Å². The highest BCUT2D eigenvalue weighted by Crippen LogP contribution is 2.25. The number of piperidine rings is 1. The van der Waals surface area contributed by atoms with Crippen molar-refractivity contribution < 1.29 is 19.0 Å². The molecule has 0 bridgehead atoms. The summed E-state index contributed by atoms with van der Waals surface area (Å²) in [6.45, 7) is 5.15. The second kappa shape index (κ2) is 4.57. The van der Waals surface area contributed by atoms with E-state index in [4.69, 9.17) is 9.84 Å². The first kappa shape index (κ1) is 13.2. The topological polar surface area (TPSA) is 49.8 Å². The fourth-order valence-corrected chi connectivity index (χ4v) is 1.70. The van der Waals surface area contributed by atoms with Crippen LogP contribution < -0.4 is 0 Å². The van der Waals surface area contributed by atoms with Gasteiger partial charge in [0.25, 0.3) is 0 Å². The van der Waals surface area contributed by atoms with Gasteiger partial charge in [0, 0.05) is 6.54 Å². The number of nitrogens with zero attached hydrogens (tertiary/aromatic N) is 1. The molecule has 1 fully saturated rings. The number of alkyl halides is 1. The highest BCUT2D eigenvalue weighted by molar-refractivity contribution is 5.68. The molecule has 1 amide bonds. The van der Waals surface area contributed by atoms with Crippen LogP contribution in [0.3, 0.4) is 0 Å². The molecule has 1 unspecified atom stereocenters. The maximum atomic E-state index is 13.8. The molecule has 0 saturated carbocycles. The number of carbonyl (C=O) groups is 1. The summed E-state index contributed by atoms with van der Waals surface area (Å²) in [5.74, 6) is 0. The van der Waals surface area contributed by atoms with Gasteiger partial charge >= 0.3 is 6.09 Å². The Kier molecular flexibility index (Phi) is 3.78. The Hall–Kier alpha value is -0.840. The third-order valence-corrected chi connectivity index (χ3v) is 2.46. The van der Waals surface area contributed by atoms with E-state index in [1.807, 2.05) is 0 Å². The van der Waals surface area contributed by atoms with Gasteiger partial charge in [-0.25, -0.2) is 9.18 Å². The monoisotopic (exact) mass is 233 g/mol. The fourth-order valence-electron chi connectivity index (χ4n) is 1.70. The molecule has 0 spiro atoms. The molecular formula is C11H20FNO3. The van der Waals surface area contributed by atoms with Crippen LogP contribution >= 0.6 is 0 Å². The second-order valence-corrected chi connectivity index (χ2v) is 5.31. The van der Waals surface area contributed by atoms with Crippen LogP contribution in [0.5, 0.6) is 0 Å². The van der Waals surface area contributed by atoms with Crippen LogP contribution in [-0.4, -0.2) is 47.1 Å². The molecular weight excluding hydrogens is 213 g/mol. The molecule has 16 heavy (non-hydrogen) atoms. The first-order chi connectivity index (χ1) is 7.26. The van der Waals surface area contributed by atoms with Crippen molar-refractivity contribution in [2.75, 3.05) is 19.7 Å². The van der Waals surface area contributed by atoms with Crippen LogP contribution in [0.25, 0.3) is 0 Å². The van der Waals surface area contributed by atoms with E-state index in [-0.39, 0.29) is 6.54 Å². The van der Waals surface area contributed by atoms with Crippen LogP contribution in [-0.2, 0) is 4.74 Å². The average Bonchev–Trinajstić information content (AvgIpc) is 2.15. The molecule has 1 rings (SSSR count). The number of likely N-dealkylation sites (tertiary alicyclic amines) is 1. The summed E-state index contributed by atoms with van der Waals surface area (Å²) in [7, 11) is 0. The van der Waals surface area contributed by atoms with Crippen molar-refractivity contribution in [1.82, 2.24) is 4.90 Å². The SMILES string of the molecule is CC(C)(C)OC(=O)N1CCCC(F)(CO)C1. The summed E-state index contributed by atoms with van der Waals surface area (Å²) in [6, 6.07) is 0. The van der Waals surface area contributed by atoms with Crippen LogP contribution in [0, 0.1) is 0 Å². The quantitative estimate of drug-likeness (QED) is 0.750. The molecule has 1 aliphatic heterocycles. The number of aliphatic hydroxyl groups excluding tert-OH is 1. The minimum Gasteiger partial charge on any atom is -0.444 e. The molecule has 0 aromatic carbocycles. The lowest BCUT2D eigenvalue weighted by molar-refractivity contribution is -0.0231. The molecule has 1 saturated heterocycles. The van der Waals surface area contributed by atoms with Gasteiger partial charge in [-0.2, -0.15) is 0 Å². The molecule has 1 aliphatic rings. The minimum atomic E-state index is -1.67.